The Hall–Kier alpha value is -3.22. The normalized spacial score (nSPS) is 10.4. The van der Waals surface area contributed by atoms with Crippen LogP contribution < -0.4 is 5.32 Å². The van der Waals surface area contributed by atoms with Gasteiger partial charge in [0.2, 0.25) is 0 Å². The molecule has 0 aliphatic rings. The van der Waals surface area contributed by atoms with Gasteiger partial charge in [0.1, 0.15) is 5.82 Å². The monoisotopic (exact) mass is 296 g/mol. The lowest BCUT2D eigenvalue weighted by molar-refractivity contribution is -0.117. The van der Waals surface area contributed by atoms with E-state index in [2.05, 4.69) is 20.5 Å². The summed E-state index contributed by atoms with van der Waals surface area (Å²) in [7, 11) is 0. The van der Waals surface area contributed by atoms with E-state index in [9.17, 15) is 9.59 Å². The lowest BCUT2D eigenvalue weighted by atomic mass is 10.2. The zero-order valence-electron chi connectivity index (χ0n) is 11.4. The number of carbonyl (C=O) groups is 2. The number of aromatic nitrogens is 3. The second-order valence-electron chi connectivity index (χ2n) is 4.46. The highest BCUT2D eigenvalue weighted by Gasteiger charge is 2.18. The van der Waals surface area contributed by atoms with Crippen LogP contribution in [0, 0.1) is 0 Å². The predicted molar refractivity (Wildman–Crippen MR) is 76.7 cm³/mol. The number of H-pyrrole nitrogens is 1. The quantitative estimate of drug-likeness (QED) is 0.549. The first-order valence-electron chi connectivity index (χ1n) is 6.57. The summed E-state index contributed by atoms with van der Waals surface area (Å²) in [5.41, 5.74) is 0.864. The van der Waals surface area contributed by atoms with E-state index in [1.165, 1.54) is 12.3 Å². The van der Waals surface area contributed by atoms with Crippen LogP contribution in [0.1, 0.15) is 16.4 Å². The predicted octanol–water partition coefficient (Wildman–Crippen LogP) is 1.56. The van der Waals surface area contributed by atoms with E-state index >= 15 is 0 Å². The molecular weight excluding hydrogens is 284 g/mol. The SMILES string of the molecule is O=C(NCc1nc(-c2ccccc2)n[nH]1)C(=O)c1ccco1. The lowest BCUT2D eigenvalue weighted by Crippen LogP contribution is -2.30. The summed E-state index contributed by atoms with van der Waals surface area (Å²) in [6, 6.07) is 12.4. The van der Waals surface area contributed by atoms with Crippen LogP contribution in [-0.2, 0) is 11.3 Å². The average Bonchev–Trinajstić information content (AvgIpc) is 3.24. The number of amides is 1. The van der Waals surface area contributed by atoms with Crippen LogP contribution in [0.3, 0.4) is 0 Å². The maximum Gasteiger partial charge on any atom is 0.296 e. The first kappa shape index (κ1) is 13.7. The molecule has 2 heterocycles. The number of benzene rings is 1. The molecule has 7 heteroatoms. The van der Waals surface area contributed by atoms with Crippen molar-refractivity contribution in [1.29, 1.82) is 0 Å². The summed E-state index contributed by atoms with van der Waals surface area (Å²) in [4.78, 5) is 27.7. The Labute approximate surface area is 125 Å². The first-order valence-corrected chi connectivity index (χ1v) is 6.57. The van der Waals surface area contributed by atoms with Crippen molar-refractivity contribution < 1.29 is 14.0 Å². The van der Waals surface area contributed by atoms with Crippen molar-refractivity contribution in [2.24, 2.45) is 0 Å². The molecule has 110 valence electrons. The number of nitrogens with one attached hydrogen (secondary N) is 2. The molecule has 0 aliphatic carbocycles. The molecule has 1 aromatic carbocycles. The number of Topliss-reactive ketones (excluding diaryl/α,β-unsaturated/α-hetero) is 1. The Morgan fingerprint density at radius 1 is 1.14 bits per heavy atom. The minimum atomic E-state index is -0.757. The molecule has 0 unspecified atom stereocenters. The number of aromatic amines is 1. The van der Waals surface area contributed by atoms with Crippen molar-refractivity contribution in [2.45, 2.75) is 6.54 Å². The third-order valence-electron chi connectivity index (χ3n) is 2.93. The van der Waals surface area contributed by atoms with Crippen LogP contribution in [-0.4, -0.2) is 26.9 Å². The highest BCUT2D eigenvalue weighted by Crippen LogP contribution is 2.13. The molecule has 3 rings (SSSR count). The molecule has 1 amide bonds. The zero-order chi connectivity index (χ0) is 15.4. The van der Waals surface area contributed by atoms with E-state index in [1.807, 2.05) is 30.3 Å². The molecule has 22 heavy (non-hydrogen) atoms. The van der Waals surface area contributed by atoms with Gasteiger partial charge in [-0.3, -0.25) is 14.7 Å². The van der Waals surface area contributed by atoms with Gasteiger partial charge in [0.25, 0.3) is 11.7 Å². The van der Waals surface area contributed by atoms with Gasteiger partial charge in [0.05, 0.1) is 12.8 Å². The zero-order valence-corrected chi connectivity index (χ0v) is 11.4. The Morgan fingerprint density at radius 3 is 2.68 bits per heavy atom. The number of carbonyl (C=O) groups excluding carboxylic acids is 2. The number of ketones is 1. The molecule has 2 aromatic heterocycles. The van der Waals surface area contributed by atoms with Gasteiger partial charge in [-0.2, -0.15) is 5.10 Å². The minimum absolute atomic E-state index is 0.0000412. The Bertz CT molecular complexity index is 778. The fraction of sp³-hybridized carbons (Fsp3) is 0.0667. The molecule has 0 saturated heterocycles. The van der Waals surface area contributed by atoms with E-state index in [0.717, 1.165) is 5.56 Å². The van der Waals surface area contributed by atoms with Crippen molar-refractivity contribution in [3.8, 4) is 11.4 Å². The molecule has 3 aromatic rings. The van der Waals surface area contributed by atoms with Crippen LogP contribution in [0.5, 0.6) is 0 Å². The lowest BCUT2D eigenvalue weighted by Gasteiger charge is -1.99. The van der Waals surface area contributed by atoms with E-state index < -0.39 is 11.7 Å². The molecule has 0 aliphatic heterocycles. The molecule has 7 nitrogen and oxygen atoms in total. The number of rotatable bonds is 5. The summed E-state index contributed by atoms with van der Waals surface area (Å²) >= 11 is 0. The van der Waals surface area contributed by atoms with Crippen LogP contribution in [0.2, 0.25) is 0 Å². The van der Waals surface area contributed by atoms with Gasteiger partial charge in [-0.15, -0.1) is 0 Å². The Kier molecular flexibility index (Phi) is 3.78. The van der Waals surface area contributed by atoms with Gasteiger partial charge in [-0.05, 0) is 12.1 Å². The largest absolute Gasteiger partial charge is 0.461 e. The summed E-state index contributed by atoms with van der Waals surface area (Å²) in [5.74, 6) is -0.498. The topological polar surface area (TPSA) is 101 Å². The van der Waals surface area contributed by atoms with E-state index in [1.54, 1.807) is 6.07 Å². The van der Waals surface area contributed by atoms with E-state index in [4.69, 9.17) is 4.42 Å². The molecule has 0 atom stereocenters. The second kappa shape index (κ2) is 6.04. The van der Waals surface area contributed by atoms with Crippen LogP contribution in [0.4, 0.5) is 0 Å². The summed E-state index contributed by atoms with van der Waals surface area (Å²) in [6.45, 7) is 0.0745. The highest BCUT2D eigenvalue weighted by molar-refractivity contribution is 6.41. The molecule has 0 spiro atoms. The van der Waals surface area contributed by atoms with Crippen molar-refractivity contribution in [1.82, 2.24) is 20.5 Å². The van der Waals surface area contributed by atoms with E-state index in [-0.39, 0.29) is 12.3 Å². The Balaban J connectivity index is 1.62. The minimum Gasteiger partial charge on any atom is -0.461 e. The number of hydrogen-bond donors (Lipinski definition) is 2. The van der Waals surface area contributed by atoms with Crippen molar-refractivity contribution in [2.75, 3.05) is 0 Å². The van der Waals surface area contributed by atoms with Gasteiger partial charge in [-0.1, -0.05) is 30.3 Å². The summed E-state index contributed by atoms with van der Waals surface area (Å²) in [6.07, 6.45) is 1.34. The number of nitrogens with zero attached hydrogens (tertiary/aromatic N) is 2. The standard InChI is InChI=1S/C15H12N4O3/c20-13(11-7-4-8-22-11)15(21)16-9-12-17-14(19-18-12)10-5-2-1-3-6-10/h1-8H,9H2,(H,16,21)(H,17,18,19). The van der Waals surface area contributed by atoms with Crippen LogP contribution in [0.15, 0.2) is 53.1 Å². The maximum absolute atomic E-state index is 11.7. The average molecular weight is 296 g/mol. The van der Waals surface area contributed by atoms with Crippen LogP contribution >= 0.6 is 0 Å². The fourth-order valence-corrected chi connectivity index (χ4v) is 1.85. The van der Waals surface area contributed by atoms with Gasteiger partial charge in [0, 0.05) is 5.56 Å². The molecule has 0 radical (unpaired) electrons. The van der Waals surface area contributed by atoms with Crippen molar-refractivity contribution in [3.05, 3.63) is 60.3 Å². The second-order valence-corrected chi connectivity index (χ2v) is 4.46. The summed E-state index contributed by atoms with van der Waals surface area (Å²) < 4.78 is 4.88. The van der Waals surface area contributed by atoms with Crippen molar-refractivity contribution >= 4 is 11.7 Å². The smallest absolute Gasteiger partial charge is 0.296 e. The molecule has 0 fully saturated rings. The first-order chi connectivity index (χ1) is 10.7. The van der Waals surface area contributed by atoms with E-state index in [0.29, 0.717) is 11.6 Å². The van der Waals surface area contributed by atoms with Gasteiger partial charge in [0.15, 0.2) is 11.6 Å². The Morgan fingerprint density at radius 2 is 1.95 bits per heavy atom. The van der Waals surface area contributed by atoms with Gasteiger partial charge >= 0.3 is 0 Å². The van der Waals surface area contributed by atoms with Crippen molar-refractivity contribution in [3.63, 3.8) is 0 Å². The van der Waals surface area contributed by atoms with Gasteiger partial charge in [-0.25, -0.2) is 4.98 Å². The third kappa shape index (κ3) is 2.93. The molecule has 0 saturated carbocycles. The third-order valence-corrected chi connectivity index (χ3v) is 2.93. The molecule has 0 bridgehead atoms. The highest BCUT2D eigenvalue weighted by atomic mass is 16.3. The molecular formula is C15H12N4O3. The fourth-order valence-electron chi connectivity index (χ4n) is 1.85. The molecule has 2 N–H and O–H groups in total. The van der Waals surface area contributed by atoms with Crippen LogP contribution in [0.25, 0.3) is 11.4 Å². The maximum atomic E-state index is 11.7. The number of furan rings is 1. The van der Waals surface area contributed by atoms with Gasteiger partial charge < -0.3 is 9.73 Å². The summed E-state index contributed by atoms with van der Waals surface area (Å²) in [5, 5.41) is 9.26. The number of hydrogen-bond acceptors (Lipinski definition) is 5.